The molecule has 1 unspecified atom stereocenters. The monoisotopic (exact) mass is 305 g/mol. The Kier molecular flexibility index (Phi) is 4.13. The number of halogens is 2. The van der Waals surface area contributed by atoms with E-state index in [1.165, 1.54) is 4.31 Å². The molecule has 0 spiro atoms. The van der Waals surface area contributed by atoms with Crippen LogP contribution in [0.5, 0.6) is 0 Å². The van der Waals surface area contributed by atoms with Crippen molar-refractivity contribution in [2.45, 2.75) is 36.7 Å². The smallest absolute Gasteiger partial charge is 0.243 e. The van der Waals surface area contributed by atoms with E-state index in [9.17, 15) is 22.3 Å². The quantitative estimate of drug-likeness (QED) is 0.908. The van der Waals surface area contributed by atoms with Crippen LogP contribution in [-0.4, -0.2) is 36.5 Å². The molecule has 2 rings (SSSR count). The number of hydrogen-bond donors (Lipinski definition) is 1. The number of hydrogen-bond acceptors (Lipinski definition) is 3. The Labute approximate surface area is 117 Å². The molecule has 1 N–H and O–H groups in total. The molecule has 4 nitrogen and oxygen atoms in total. The lowest BCUT2D eigenvalue weighted by atomic mass is 9.98. The van der Waals surface area contributed by atoms with Crippen molar-refractivity contribution in [3.05, 3.63) is 29.8 Å². The first-order valence-electron chi connectivity index (χ1n) is 6.40. The molecule has 1 aromatic rings. The molecular formula is C13H17F2NO3S. The van der Waals surface area contributed by atoms with Gasteiger partial charge in [-0.2, -0.15) is 4.31 Å². The minimum Gasteiger partial charge on any atom is -0.390 e. The van der Waals surface area contributed by atoms with Gasteiger partial charge in [0.15, 0.2) is 11.6 Å². The molecular weight excluding hydrogens is 288 g/mol. The van der Waals surface area contributed by atoms with Crippen LogP contribution in [0.1, 0.15) is 26.2 Å². The van der Waals surface area contributed by atoms with Gasteiger partial charge in [0.25, 0.3) is 0 Å². The van der Waals surface area contributed by atoms with Gasteiger partial charge in [-0.1, -0.05) is 0 Å². The Morgan fingerprint density at radius 2 is 1.90 bits per heavy atom. The maximum Gasteiger partial charge on any atom is 0.243 e. The summed E-state index contributed by atoms with van der Waals surface area (Å²) in [5.74, 6) is -2.27. The average Bonchev–Trinajstić information content (AvgIpc) is 2.54. The van der Waals surface area contributed by atoms with Gasteiger partial charge in [0.05, 0.1) is 10.5 Å². The van der Waals surface area contributed by atoms with Gasteiger partial charge in [-0.05, 0) is 44.4 Å². The lowest BCUT2D eigenvalue weighted by Gasteiger charge is -2.22. The highest BCUT2D eigenvalue weighted by Gasteiger charge is 2.31. The number of aliphatic hydroxyl groups is 1. The molecule has 1 heterocycles. The van der Waals surface area contributed by atoms with Crippen molar-refractivity contribution in [2.75, 3.05) is 13.1 Å². The average molecular weight is 305 g/mol. The summed E-state index contributed by atoms with van der Waals surface area (Å²) in [7, 11) is -3.86. The largest absolute Gasteiger partial charge is 0.390 e. The highest BCUT2D eigenvalue weighted by Crippen LogP contribution is 2.26. The Morgan fingerprint density at radius 3 is 2.55 bits per heavy atom. The molecule has 0 aromatic heterocycles. The fourth-order valence-corrected chi connectivity index (χ4v) is 3.76. The van der Waals surface area contributed by atoms with E-state index < -0.39 is 27.3 Å². The molecule has 1 aliphatic heterocycles. The highest BCUT2D eigenvalue weighted by atomic mass is 32.2. The predicted octanol–water partition coefficient (Wildman–Crippen LogP) is 1.89. The zero-order chi connectivity index (χ0) is 15.0. The number of nitrogens with zero attached hydrogens (tertiary/aromatic N) is 1. The third-order valence-corrected chi connectivity index (χ3v) is 5.45. The molecule has 1 aromatic carbocycles. The first-order valence-corrected chi connectivity index (χ1v) is 7.84. The van der Waals surface area contributed by atoms with Gasteiger partial charge in [0, 0.05) is 13.1 Å². The van der Waals surface area contributed by atoms with Crippen molar-refractivity contribution < 1.29 is 22.3 Å². The second-order valence-corrected chi connectivity index (χ2v) is 7.27. The second-order valence-electron chi connectivity index (χ2n) is 5.33. The maximum absolute atomic E-state index is 13.2. The van der Waals surface area contributed by atoms with Crippen molar-refractivity contribution >= 4 is 10.0 Å². The molecule has 0 bridgehead atoms. The summed E-state index contributed by atoms with van der Waals surface area (Å²) in [4.78, 5) is -0.266. The van der Waals surface area contributed by atoms with Gasteiger partial charge in [-0.15, -0.1) is 0 Å². The SMILES string of the molecule is CC1(O)CCCN(S(=O)(=O)c2ccc(F)c(F)c2)CC1. The van der Waals surface area contributed by atoms with Gasteiger partial charge < -0.3 is 5.11 Å². The summed E-state index contributed by atoms with van der Waals surface area (Å²) in [6.07, 6.45) is 1.35. The molecule has 1 aliphatic rings. The van der Waals surface area contributed by atoms with Crippen LogP contribution in [0.15, 0.2) is 23.1 Å². The van der Waals surface area contributed by atoms with Crippen LogP contribution >= 0.6 is 0 Å². The van der Waals surface area contributed by atoms with E-state index in [1.807, 2.05) is 0 Å². The maximum atomic E-state index is 13.2. The van der Waals surface area contributed by atoms with Crippen LogP contribution < -0.4 is 0 Å². The van der Waals surface area contributed by atoms with Crippen LogP contribution in [0.3, 0.4) is 0 Å². The van der Waals surface area contributed by atoms with Gasteiger partial charge in [-0.3, -0.25) is 0 Å². The first kappa shape index (κ1) is 15.3. The van der Waals surface area contributed by atoms with Crippen LogP contribution in [0, 0.1) is 11.6 Å². The van der Waals surface area contributed by atoms with Crippen LogP contribution in [0.4, 0.5) is 8.78 Å². The standard InChI is InChI=1S/C13H17F2NO3S/c1-13(17)5-2-7-16(8-6-13)20(18,19)10-3-4-11(14)12(15)9-10/h3-4,9,17H,2,5-8H2,1H3. The second kappa shape index (κ2) is 5.38. The summed E-state index contributed by atoms with van der Waals surface area (Å²) < 4.78 is 52.0. The van der Waals surface area contributed by atoms with Crippen molar-refractivity contribution in [1.29, 1.82) is 0 Å². The molecule has 1 atom stereocenters. The lowest BCUT2D eigenvalue weighted by Crippen LogP contribution is -2.33. The third kappa shape index (κ3) is 3.16. The summed E-state index contributed by atoms with van der Waals surface area (Å²) in [6.45, 7) is 2.09. The van der Waals surface area contributed by atoms with E-state index in [1.54, 1.807) is 6.92 Å². The fraction of sp³-hybridized carbons (Fsp3) is 0.538. The summed E-state index contributed by atoms with van der Waals surface area (Å²) in [5, 5.41) is 9.96. The zero-order valence-electron chi connectivity index (χ0n) is 11.1. The summed E-state index contributed by atoms with van der Waals surface area (Å²) >= 11 is 0. The van der Waals surface area contributed by atoms with Crippen molar-refractivity contribution in [3.63, 3.8) is 0 Å². The van der Waals surface area contributed by atoms with Crippen LogP contribution in [0.2, 0.25) is 0 Å². The Bertz CT molecular complexity index is 602. The Morgan fingerprint density at radius 1 is 1.20 bits per heavy atom. The van der Waals surface area contributed by atoms with Crippen LogP contribution in [0.25, 0.3) is 0 Å². The minimum absolute atomic E-state index is 0.161. The van der Waals surface area contributed by atoms with Crippen molar-refractivity contribution in [3.8, 4) is 0 Å². The number of benzene rings is 1. The summed E-state index contributed by atoms with van der Waals surface area (Å²) in [6, 6.07) is 2.54. The number of sulfonamides is 1. The van der Waals surface area contributed by atoms with Gasteiger partial charge in [0.2, 0.25) is 10.0 Å². The Hall–Kier alpha value is -1.05. The van der Waals surface area contributed by atoms with Gasteiger partial charge >= 0.3 is 0 Å². The zero-order valence-corrected chi connectivity index (χ0v) is 12.0. The molecule has 0 amide bonds. The predicted molar refractivity (Wildman–Crippen MR) is 69.6 cm³/mol. The third-order valence-electron chi connectivity index (χ3n) is 3.55. The van der Waals surface area contributed by atoms with E-state index in [4.69, 9.17) is 0 Å². The Balaban J connectivity index is 2.28. The van der Waals surface area contributed by atoms with E-state index in [0.717, 1.165) is 12.1 Å². The van der Waals surface area contributed by atoms with E-state index in [2.05, 4.69) is 0 Å². The molecule has 20 heavy (non-hydrogen) atoms. The normalized spacial score (nSPS) is 25.4. The van der Waals surface area contributed by atoms with E-state index in [-0.39, 0.29) is 18.0 Å². The lowest BCUT2D eigenvalue weighted by molar-refractivity contribution is 0.0465. The first-order chi connectivity index (χ1) is 9.22. The molecule has 1 fully saturated rings. The topological polar surface area (TPSA) is 57.6 Å². The molecule has 112 valence electrons. The molecule has 7 heteroatoms. The van der Waals surface area contributed by atoms with Gasteiger partial charge in [0.1, 0.15) is 0 Å². The molecule has 0 radical (unpaired) electrons. The van der Waals surface area contributed by atoms with Gasteiger partial charge in [-0.25, -0.2) is 17.2 Å². The van der Waals surface area contributed by atoms with Crippen molar-refractivity contribution in [1.82, 2.24) is 4.31 Å². The van der Waals surface area contributed by atoms with E-state index >= 15 is 0 Å². The van der Waals surface area contributed by atoms with Crippen LogP contribution in [-0.2, 0) is 10.0 Å². The summed E-state index contributed by atoms with van der Waals surface area (Å²) in [5.41, 5.74) is -0.891. The molecule has 0 aliphatic carbocycles. The number of rotatable bonds is 2. The minimum atomic E-state index is -3.86. The molecule has 0 saturated carbocycles. The highest BCUT2D eigenvalue weighted by molar-refractivity contribution is 7.89. The molecule has 1 saturated heterocycles. The fourth-order valence-electron chi connectivity index (χ4n) is 2.27. The van der Waals surface area contributed by atoms with E-state index in [0.29, 0.717) is 25.3 Å². The van der Waals surface area contributed by atoms with Crippen molar-refractivity contribution in [2.24, 2.45) is 0 Å².